The van der Waals surface area contributed by atoms with Crippen molar-refractivity contribution in [2.75, 3.05) is 25.9 Å². The third-order valence-corrected chi connectivity index (χ3v) is 4.65. The van der Waals surface area contributed by atoms with Gasteiger partial charge in [0.2, 0.25) is 0 Å². The molecule has 1 aromatic heterocycles. The molecule has 2 heterocycles. The molecule has 18 heavy (non-hydrogen) atoms. The van der Waals surface area contributed by atoms with Gasteiger partial charge in [-0.3, -0.25) is 4.68 Å². The van der Waals surface area contributed by atoms with Gasteiger partial charge in [0.15, 0.2) is 0 Å². The van der Waals surface area contributed by atoms with Crippen molar-refractivity contribution in [3.05, 3.63) is 17.5 Å². The number of nitrogens with zero attached hydrogens (tertiary/aromatic N) is 3. The second-order valence-corrected chi connectivity index (χ2v) is 6.36. The highest BCUT2D eigenvalue weighted by molar-refractivity contribution is 7.80. The fraction of sp³-hybridized carbons (Fsp3) is 0.786. The van der Waals surface area contributed by atoms with Crippen molar-refractivity contribution in [2.24, 2.45) is 0 Å². The lowest BCUT2D eigenvalue weighted by atomic mass is 9.92. The maximum atomic E-state index is 4.81. The maximum Gasteiger partial charge on any atom is 0.0691 e. The summed E-state index contributed by atoms with van der Waals surface area (Å²) in [6.45, 7) is 7.83. The van der Waals surface area contributed by atoms with Crippen molar-refractivity contribution in [3.63, 3.8) is 0 Å². The molecular weight excluding hydrogens is 242 g/mol. The van der Waals surface area contributed by atoms with Crippen molar-refractivity contribution in [3.8, 4) is 0 Å². The highest BCUT2D eigenvalue weighted by Crippen LogP contribution is 2.24. The number of hydrogen-bond acceptors (Lipinski definition) is 3. The average Bonchev–Trinajstić information content (AvgIpc) is 2.77. The van der Waals surface area contributed by atoms with E-state index >= 15 is 0 Å². The fourth-order valence-corrected chi connectivity index (χ4v) is 2.48. The van der Waals surface area contributed by atoms with Crippen LogP contribution in [-0.4, -0.2) is 40.6 Å². The van der Waals surface area contributed by atoms with Crippen molar-refractivity contribution < 1.29 is 0 Å². The molecule has 0 saturated heterocycles. The topological polar surface area (TPSA) is 21.1 Å². The van der Waals surface area contributed by atoms with Gasteiger partial charge >= 0.3 is 0 Å². The van der Waals surface area contributed by atoms with E-state index in [2.05, 4.69) is 49.2 Å². The lowest BCUT2D eigenvalue weighted by Gasteiger charge is -2.18. The molecule has 0 aromatic carbocycles. The molecule has 0 N–H and O–H groups in total. The Morgan fingerprint density at radius 3 is 2.72 bits per heavy atom. The van der Waals surface area contributed by atoms with Crippen LogP contribution in [0.15, 0.2) is 6.07 Å². The lowest BCUT2D eigenvalue weighted by Crippen LogP contribution is -2.22. The van der Waals surface area contributed by atoms with E-state index in [1.165, 1.54) is 30.8 Å². The molecule has 102 valence electrons. The van der Waals surface area contributed by atoms with Gasteiger partial charge in [0, 0.05) is 36.4 Å². The summed E-state index contributed by atoms with van der Waals surface area (Å²) < 4.78 is 2.22. The number of rotatable bonds is 2. The average molecular weight is 267 g/mol. The summed E-state index contributed by atoms with van der Waals surface area (Å²) in [6.07, 6.45) is 3.59. The summed E-state index contributed by atoms with van der Waals surface area (Å²) in [5.41, 5.74) is 2.64. The van der Waals surface area contributed by atoms with Gasteiger partial charge in [0.05, 0.1) is 5.69 Å². The quantitative estimate of drug-likeness (QED) is 0.831. The number of aromatic nitrogens is 2. The van der Waals surface area contributed by atoms with E-state index in [0.717, 1.165) is 25.3 Å². The highest BCUT2D eigenvalue weighted by atomic mass is 32.1. The van der Waals surface area contributed by atoms with Gasteiger partial charge in [-0.2, -0.15) is 17.7 Å². The van der Waals surface area contributed by atoms with Gasteiger partial charge in [-0.25, -0.2) is 0 Å². The van der Waals surface area contributed by atoms with E-state index < -0.39 is 0 Å². The molecule has 0 spiro atoms. The number of hydrogen-bond donors (Lipinski definition) is 1. The van der Waals surface area contributed by atoms with Gasteiger partial charge in [0.25, 0.3) is 0 Å². The summed E-state index contributed by atoms with van der Waals surface area (Å²) in [6, 6.07) is 2.29. The third-order valence-electron chi connectivity index (χ3n) is 3.86. The zero-order valence-electron chi connectivity index (χ0n) is 11.8. The second kappa shape index (κ2) is 5.66. The number of likely N-dealkylation sites (N-methyl/N-ethyl adjacent to an activating group) is 1. The van der Waals surface area contributed by atoms with Crippen LogP contribution in [0.2, 0.25) is 0 Å². The summed E-state index contributed by atoms with van der Waals surface area (Å²) >= 11 is 4.45. The molecule has 0 radical (unpaired) electrons. The molecule has 0 aliphatic carbocycles. The summed E-state index contributed by atoms with van der Waals surface area (Å²) in [5, 5.41) is 4.81. The van der Waals surface area contributed by atoms with Crippen molar-refractivity contribution in [1.82, 2.24) is 14.7 Å². The maximum absolute atomic E-state index is 4.81. The Morgan fingerprint density at radius 1 is 1.28 bits per heavy atom. The zero-order chi connectivity index (χ0) is 13.2. The summed E-state index contributed by atoms with van der Waals surface area (Å²) in [5.74, 6) is 0.837. The minimum atomic E-state index is 0.0686. The number of thiol groups is 1. The minimum absolute atomic E-state index is 0.0686. The molecule has 2 rings (SSSR count). The molecule has 0 unspecified atom stereocenters. The number of aryl methyl sites for hydroxylation is 1. The SMILES string of the molecule is CN1CCCCn2nc(C(C)(C)CS)cc2CC1. The van der Waals surface area contributed by atoms with Gasteiger partial charge in [-0.1, -0.05) is 13.8 Å². The van der Waals surface area contributed by atoms with Crippen LogP contribution in [-0.2, 0) is 18.4 Å². The molecule has 0 amide bonds. The first-order valence-electron chi connectivity index (χ1n) is 6.89. The first-order chi connectivity index (χ1) is 8.53. The van der Waals surface area contributed by atoms with Crippen molar-refractivity contribution >= 4 is 12.6 Å². The van der Waals surface area contributed by atoms with Gasteiger partial charge in [-0.15, -0.1) is 0 Å². The standard InChI is InChI=1S/C14H25N3S/c1-14(2,11-18)13-10-12-6-9-16(3)7-4-5-8-17(12)15-13/h10,18H,4-9,11H2,1-3H3. The third kappa shape index (κ3) is 3.09. The van der Waals surface area contributed by atoms with Crippen LogP contribution in [0.5, 0.6) is 0 Å². The van der Waals surface area contributed by atoms with Gasteiger partial charge in [-0.05, 0) is 32.5 Å². The Bertz CT molecular complexity index is 398. The van der Waals surface area contributed by atoms with E-state index in [1.54, 1.807) is 0 Å². The van der Waals surface area contributed by atoms with Crippen molar-refractivity contribution in [1.29, 1.82) is 0 Å². The first kappa shape index (κ1) is 13.9. The summed E-state index contributed by atoms with van der Waals surface area (Å²) in [4.78, 5) is 2.42. The predicted octanol–water partition coefficient (Wildman–Crippen LogP) is 2.36. The first-order valence-corrected chi connectivity index (χ1v) is 7.53. The normalized spacial score (nSPS) is 18.9. The van der Waals surface area contributed by atoms with Crippen LogP contribution in [0.4, 0.5) is 0 Å². The van der Waals surface area contributed by atoms with Crippen LogP contribution in [0, 0.1) is 0 Å². The van der Waals surface area contributed by atoms with Crippen LogP contribution in [0.3, 0.4) is 0 Å². The molecule has 1 aromatic rings. The largest absolute Gasteiger partial charge is 0.306 e. The monoisotopic (exact) mass is 267 g/mol. The molecule has 0 fully saturated rings. The van der Waals surface area contributed by atoms with Crippen molar-refractivity contribution in [2.45, 2.75) is 45.1 Å². The lowest BCUT2D eigenvalue weighted by molar-refractivity contribution is 0.333. The van der Waals surface area contributed by atoms with E-state index in [0.29, 0.717) is 0 Å². The van der Waals surface area contributed by atoms with E-state index in [9.17, 15) is 0 Å². The van der Waals surface area contributed by atoms with E-state index in [4.69, 9.17) is 5.10 Å². The Labute approximate surface area is 116 Å². The number of fused-ring (bicyclic) bond motifs is 1. The van der Waals surface area contributed by atoms with Crippen LogP contribution in [0.1, 0.15) is 38.1 Å². The molecular formula is C14H25N3S. The van der Waals surface area contributed by atoms with Gasteiger partial charge in [0.1, 0.15) is 0 Å². The molecule has 1 aliphatic heterocycles. The van der Waals surface area contributed by atoms with Gasteiger partial charge < -0.3 is 4.90 Å². The Kier molecular flexibility index (Phi) is 4.38. The molecule has 4 heteroatoms. The fourth-order valence-electron chi connectivity index (χ4n) is 2.32. The minimum Gasteiger partial charge on any atom is -0.306 e. The van der Waals surface area contributed by atoms with Crippen LogP contribution < -0.4 is 0 Å². The molecule has 1 aliphatic rings. The second-order valence-electron chi connectivity index (χ2n) is 6.05. The molecule has 0 atom stereocenters. The Balaban J connectivity index is 2.23. The van der Waals surface area contributed by atoms with Crippen LogP contribution >= 0.6 is 12.6 Å². The smallest absolute Gasteiger partial charge is 0.0691 e. The van der Waals surface area contributed by atoms with E-state index in [1.807, 2.05) is 0 Å². The van der Waals surface area contributed by atoms with E-state index in [-0.39, 0.29) is 5.41 Å². The molecule has 3 nitrogen and oxygen atoms in total. The molecule has 0 saturated carbocycles. The molecule has 0 bridgehead atoms. The Hall–Kier alpha value is -0.480. The predicted molar refractivity (Wildman–Crippen MR) is 79.5 cm³/mol. The highest BCUT2D eigenvalue weighted by Gasteiger charge is 2.23. The van der Waals surface area contributed by atoms with Crippen LogP contribution in [0.25, 0.3) is 0 Å². The summed E-state index contributed by atoms with van der Waals surface area (Å²) in [7, 11) is 2.21. The zero-order valence-corrected chi connectivity index (χ0v) is 12.7. The Morgan fingerprint density at radius 2 is 2.00 bits per heavy atom.